The summed E-state index contributed by atoms with van der Waals surface area (Å²) in [7, 11) is 0. The summed E-state index contributed by atoms with van der Waals surface area (Å²) in [6.07, 6.45) is 2.28. The molecular weight excluding hydrogens is 616 g/mol. The van der Waals surface area contributed by atoms with Gasteiger partial charge in [-0.2, -0.15) is 12.6 Å². The molecule has 2 aliphatic rings. The number of aromatic nitrogens is 4. The van der Waals surface area contributed by atoms with Gasteiger partial charge in [-0.15, -0.1) is 22.1 Å². The second kappa shape index (κ2) is 13.0. The Morgan fingerprint density at radius 2 is 1.34 bits per heavy atom. The van der Waals surface area contributed by atoms with Gasteiger partial charge in [-0.05, 0) is 75.3 Å². The second-order valence-corrected chi connectivity index (χ2v) is 11.8. The summed E-state index contributed by atoms with van der Waals surface area (Å²) in [6, 6.07) is 7.69. The second-order valence-electron chi connectivity index (χ2n) is 11.1. The van der Waals surface area contributed by atoms with Crippen LogP contribution in [0.15, 0.2) is 30.8 Å². The molecule has 0 saturated heterocycles. The van der Waals surface area contributed by atoms with Crippen LogP contribution < -0.4 is 9.97 Å². The zero-order chi connectivity index (χ0) is 31.2. The molecule has 1 atom stereocenters. The number of hydrogen-bond donors (Lipinski definition) is 3. The van der Waals surface area contributed by atoms with Crippen molar-refractivity contribution in [2.75, 3.05) is 0 Å². The molecule has 0 saturated carbocycles. The van der Waals surface area contributed by atoms with Crippen molar-refractivity contribution in [2.45, 2.75) is 65.6 Å². The minimum Gasteiger partial charge on any atom is -0.657 e. The van der Waals surface area contributed by atoms with E-state index in [1.165, 1.54) is 0 Å². The minimum atomic E-state index is -0.897. The third kappa shape index (κ3) is 6.20. The first-order valence-corrected chi connectivity index (χ1v) is 14.7. The summed E-state index contributed by atoms with van der Waals surface area (Å²) in [6.45, 7) is 14.0. The number of nitrogens with zero attached hydrogens (tertiary/aromatic N) is 4. The number of thiol groups is 1. The van der Waals surface area contributed by atoms with Crippen LogP contribution in [0.4, 0.5) is 0 Å². The van der Waals surface area contributed by atoms with Gasteiger partial charge in [0.05, 0.1) is 22.8 Å². The van der Waals surface area contributed by atoms with E-state index in [1.807, 2.05) is 58.9 Å². The molecule has 0 radical (unpaired) electrons. The van der Waals surface area contributed by atoms with E-state index in [9.17, 15) is 19.8 Å². The number of aliphatic carboxylic acids is 2. The molecule has 2 N–H and O–H groups in total. The van der Waals surface area contributed by atoms with Gasteiger partial charge in [-0.3, -0.25) is 9.59 Å². The smallest absolute Gasteiger partial charge is 0.657 e. The van der Waals surface area contributed by atoms with Gasteiger partial charge in [0, 0.05) is 18.1 Å². The number of carboxylic acid groups (broad SMARTS) is 2. The van der Waals surface area contributed by atoms with Gasteiger partial charge < -0.3 is 20.2 Å². The van der Waals surface area contributed by atoms with Crippen LogP contribution in [0.5, 0.6) is 0 Å². The predicted octanol–water partition coefficient (Wildman–Crippen LogP) is 6.89. The van der Waals surface area contributed by atoms with Crippen LogP contribution in [0.3, 0.4) is 0 Å². The van der Waals surface area contributed by atoms with Crippen molar-refractivity contribution in [3.63, 3.8) is 0 Å². The first-order valence-electron chi connectivity index (χ1n) is 14.2. The molecule has 2 aliphatic heterocycles. The monoisotopic (exact) mass is 650 g/mol. The molecule has 3 aromatic rings. The van der Waals surface area contributed by atoms with Gasteiger partial charge in [0.2, 0.25) is 0 Å². The minimum absolute atomic E-state index is 0. The molecule has 8 bridgehead atoms. The Labute approximate surface area is 272 Å². The SMILES string of the molecule is C=Cc1c(C)c2cc3nc(cc4[n-]c(cc5nc(cc1[n-]2)C(C)=C5CCC(=O)O)c(CCC(=O)O)c4C)C(C)=C3[C@H](C)S.[Fe+2]. The van der Waals surface area contributed by atoms with Crippen molar-refractivity contribution < 1.29 is 36.9 Å². The fourth-order valence-electron chi connectivity index (χ4n) is 5.88. The number of carboxylic acids is 2. The molecule has 8 nitrogen and oxygen atoms in total. The topological polar surface area (TPSA) is 129 Å². The average molecular weight is 651 g/mol. The zero-order valence-corrected chi connectivity index (χ0v) is 27.3. The molecule has 44 heavy (non-hydrogen) atoms. The van der Waals surface area contributed by atoms with Gasteiger partial charge in [-0.1, -0.05) is 53.6 Å². The quantitative estimate of drug-likeness (QED) is 0.178. The van der Waals surface area contributed by atoms with E-state index in [1.54, 1.807) is 6.08 Å². The van der Waals surface area contributed by atoms with E-state index in [2.05, 4.69) is 6.58 Å². The molecule has 5 rings (SSSR count). The van der Waals surface area contributed by atoms with Crippen LogP contribution in [0, 0.1) is 13.8 Å². The molecule has 0 spiro atoms. The molecule has 3 aromatic heterocycles. The van der Waals surface area contributed by atoms with E-state index in [0.717, 1.165) is 61.5 Å². The summed E-state index contributed by atoms with van der Waals surface area (Å²) in [5, 5.41) is 18.8. The summed E-state index contributed by atoms with van der Waals surface area (Å²) < 4.78 is 0. The van der Waals surface area contributed by atoms with E-state index >= 15 is 0 Å². The number of rotatable bonds is 8. The zero-order valence-electron chi connectivity index (χ0n) is 25.3. The molecule has 0 unspecified atom stereocenters. The van der Waals surface area contributed by atoms with Crippen LogP contribution >= 0.6 is 12.6 Å². The van der Waals surface area contributed by atoms with E-state index < -0.39 is 11.9 Å². The average Bonchev–Trinajstić information content (AvgIpc) is 3.59. The normalized spacial score (nSPS) is 13.6. The molecule has 0 aromatic carbocycles. The molecule has 0 aliphatic carbocycles. The molecule has 228 valence electrons. The van der Waals surface area contributed by atoms with Crippen molar-refractivity contribution in [2.24, 2.45) is 0 Å². The fourth-order valence-corrected chi connectivity index (χ4v) is 6.21. The first-order chi connectivity index (χ1) is 20.4. The number of allylic oxidation sites excluding steroid dienone is 3. The maximum absolute atomic E-state index is 11.5. The third-order valence-electron chi connectivity index (χ3n) is 8.28. The third-order valence-corrected chi connectivity index (χ3v) is 8.54. The van der Waals surface area contributed by atoms with Gasteiger partial charge in [0.15, 0.2) is 0 Å². The van der Waals surface area contributed by atoms with Crippen molar-refractivity contribution >= 4 is 75.0 Å². The first kappa shape index (κ1) is 33.1. The Morgan fingerprint density at radius 3 is 1.98 bits per heavy atom. The molecule has 10 heteroatoms. The maximum Gasteiger partial charge on any atom is 2.00 e. The molecule has 0 amide bonds. The maximum atomic E-state index is 11.5. The largest absolute Gasteiger partial charge is 2.00 e. The number of carbonyl (C=O) groups is 2. The van der Waals surface area contributed by atoms with Crippen LogP contribution in [0.1, 0.15) is 85.1 Å². The number of aryl methyl sites for hydroxylation is 3. The summed E-state index contributed by atoms with van der Waals surface area (Å²) in [5.41, 5.74) is 12.9. The Hall–Kier alpha value is -3.85. The summed E-state index contributed by atoms with van der Waals surface area (Å²) >= 11 is 4.77. The van der Waals surface area contributed by atoms with Gasteiger partial charge in [-0.25, -0.2) is 9.97 Å². The van der Waals surface area contributed by atoms with Crippen LogP contribution in [0.25, 0.3) is 50.4 Å². The van der Waals surface area contributed by atoms with Crippen molar-refractivity contribution in [1.82, 2.24) is 19.9 Å². The summed E-state index contributed by atoms with van der Waals surface area (Å²) in [4.78, 5) is 42.9. The van der Waals surface area contributed by atoms with Crippen LogP contribution in [-0.2, 0) is 33.1 Å². The molecule has 0 fully saturated rings. The Kier molecular flexibility index (Phi) is 9.78. The van der Waals surface area contributed by atoms with E-state index in [4.69, 9.17) is 32.6 Å². The molecular formula is C34H34FeN4O4S. The van der Waals surface area contributed by atoms with Gasteiger partial charge in [0.25, 0.3) is 0 Å². The Bertz CT molecular complexity index is 1930. The Balaban J connectivity index is 0.00000442. The van der Waals surface area contributed by atoms with Gasteiger partial charge in [0.1, 0.15) is 0 Å². The van der Waals surface area contributed by atoms with Crippen LogP contribution in [-0.4, -0.2) is 37.4 Å². The van der Waals surface area contributed by atoms with Crippen molar-refractivity contribution in [3.8, 4) is 0 Å². The fraction of sp³-hybridized carbons (Fsp3) is 0.294. The Morgan fingerprint density at radius 1 is 0.818 bits per heavy atom. The van der Waals surface area contributed by atoms with Crippen molar-refractivity contribution in [3.05, 3.63) is 75.9 Å². The standard InChI is InChI=1S/C34H36N4O4S.Fe/c1-7-21-16(2)26-14-31-34(20(6)43)19(5)27(38-31)12-24-17(3)22(8-10-32(39)40)29(36-24)15-30-23(9-11-33(41)42)18(4)25(37-30)13-28(21)35-26;/h7,12-15,20H,1,8-11H2,2-6H3,(H5,35,36,37,38,39,40,41,42,43);/q;+2/p-2/t20-;/m0./s1. The van der Waals surface area contributed by atoms with Gasteiger partial charge >= 0.3 is 29.0 Å². The van der Waals surface area contributed by atoms with E-state index in [0.29, 0.717) is 40.8 Å². The summed E-state index contributed by atoms with van der Waals surface area (Å²) in [5.74, 6) is -1.79. The molecule has 5 heterocycles. The van der Waals surface area contributed by atoms with Crippen molar-refractivity contribution in [1.29, 1.82) is 0 Å². The van der Waals surface area contributed by atoms with Crippen LogP contribution in [0.2, 0.25) is 0 Å². The predicted molar refractivity (Wildman–Crippen MR) is 175 cm³/mol. The van der Waals surface area contributed by atoms with E-state index in [-0.39, 0.29) is 35.2 Å². The number of fused-ring (bicyclic) bond motifs is 8. The number of hydrogen-bond acceptors (Lipinski definition) is 5.